The Balaban J connectivity index is 1.95. The molecule has 6 nitrogen and oxygen atoms in total. The van der Waals surface area contributed by atoms with Crippen LogP contribution in [-0.2, 0) is 11.3 Å². The summed E-state index contributed by atoms with van der Waals surface area (Å²) in [5, 5.41) is 15.2. The van der Waals surface area contributed by atoms with Crippen molar-refractivity contribution >= 4 is 22.6 Å². The number of benzene rings is 1. The van der Waals surface area contributed by atoms with E-state index in [0.717, 1.165) is 23.1 Å². The van der Waals surface area contributed by atoms with Gasteiger partial charge in [0.2, 0.25) is 0 Å². The summed E-state index contributed by atoms with van der Waals surface area (Å²) in [4.78, 5) is 11.9. The molecule has 21 heavy (non-hydrogen) atoms. The smallest absolute Gasteiger partial charge is 0.319 e. The van der Waals surface area contributed by atoms with Crippen LogP contribution < -0.4 is 10.6 Å². The van der Waals surface area contributed by atoms with Crippen molar-refractivity contribution in [3.05, 3.63) is 30.5 Å². The molecule has 0 unspecified atom stereocenters. The molecule has 6 heteroatoms. The minimum absolute atomic E-state index is 0.0112. The van der Waals surface area contributed by atoms with Crippen molar-refractivity contribution in [3.8, 4) is 0 Å². The monoisotopic (exact) mass is 291 g/mol. The minimum Gasteiger partial charge on any atom is -0.394 e. The normalized spacial score (nSPS) is 10.8. The number of fused-ring (bicyclic) bond motifs is 1. The van der Waals surface area contributed by atoms with Crippen LogP contribution in [0.2, 0.25) is 0 Å². The van der Waals surface area contributed by atoms with E-state index in [1.807, 2.05) is 30.5 Å². The average Bonchev–Trinajstić information content (AvgIpc) is 2.85. The molecule has 3 N–H and O–H groups in total. The van der Waals surface area contributed by atoms with Crippen LogP contribution >= 0.6 is 0 Å². The molecule has 1 aromatic heterocycles. The maximum absolute atomic E-state index is 11.9. The van der Waals surface area contributed by atoms with E-state index in [-0.39, 0.29) is 19.2 Å². The molecular weight excluding hydrogens is 270 g/mol. The van der Waals surface area contributed by atoms with Gasteiger partial charge in [0.05, 0.1) is 31.0 Å². The van der Waals surface area contributed by atoms with Crippen LogP contribution in [-0.4, -0.2) is 42.1 Å². The van der Waals surface area contributed by atoms with E-state index in [1.54, 1.807) is 0 Å². The van der Waals surface area contributed by atoms with Gasteiger partial charge in [0.15, 0.2) is 0 Å². The Morgan fingerprint density at radius 2 is 2.14 bits per heavy atom. The van der Waals surface area contributed by atoms with E-state index >= 15 is 0 Å². The number of anilines is 1. The van der Waals surface area contributed by atoms with E-state index in [9.17, 15) is 4.79 Å². The second-order valence-electron chi connectivity index (χ2n) is 4.56. The van der Waals surface area contributed by atoms with Crippen LogP contribution in [0.4, 0.5) is 10.5 Å². The molecule has 1 heterocycles. The SMILES string of the molecule is CCn1cc(NC(=O)NCCOCCO)c2ccccc21. The lowest BCUT2D eigenvalue weighted by Gasteiger charge is -2.07. The van der Waals surface area contributed by atoms with Crippen LogP contribution in [0.25, 0.3) is 10.9 Å². The Kier molecular flexibility index (Phi) is 5.59. The van der Waals surface area contributed by atoms with Gasteiger partial charge in [-0.15, -0.1) is 0 Å². The predicted octanol–water partition coefficient (Wildman–Crippen LogP) is 1.79. The summed E-state index contributed by atoms with van der Waals surface area (Å²) in [5.41, 5.74) is 1.89. The lowest BCUT2D eigenvalue weighted by Crippen LogP contribution is -2.31. The van der Waals surface area contributed by atoms with Gasteiger partial charge in [-0.2, -0.15) is 0 Å². The van der Waals surface area contributed by atoms with Gasteiger partial charge < -0.3 is 25.0 Å². The first kappa shape index (κ1) is 15.3. The van der Waals surface area contributed by atoms with Crippen molar-refractivity contribution < 1.29 is 14.6 Å². The zero-order chi connectivity index (χ0) is 15.1. The van der Waals surface area contributed by atoms with Gasteiger partial charge in [-0.25, -0.2) is 4.79 Å². The summed E-state index contributed by atoms with van der Waals surface area (Å²) in [6.07, 6.45) is 1.94. The number of aromatic nitrogens is 1. The number of aliphatic hydroxyl groups is 1. The number of nitrogens with one attached hydrogen (secondary N) is 2. The predicted molar refractivity (Wildman–Crippen MR) is 82.5 cm³/mol. The number of carbonyl (C=O) groups is 1. The van der Waals surface area contributed by atoms with Gasteiger partial charge in [-0.1, -0.05) is 18.2 Å². The summed E-state index contributed by atoms with van der Waals surface area (Å²) < 4.78 is 7.17. The van der Waals surface area contributed by atoms with E-state index in [0.29, 0.717) is 13.2 Å². The third-order valence-corrected chi connectivity index (χ3v) is 3.15. The fraction of sp³-hybridized carbons (Fsp3) is 0.400. The Morgan fingerprint density at radius 3 is 2.90 bits per heavy atom. The quantitative estimate of drug-likeness (QED) is 0.681. The minimum atomic E-state index is -0.262. The third kappa shape index (κ3) is 3.96. The van der Waals surface area contributed by atoms with Gasteiger partial charge >= 0.3 is 6.03 Å². The number of rotatable bonds is 7. The molecule has 1 aromatic carbocycles. The number of nitrogens with zero attached hydrogens (tertiary/aromatic N) is 1. The van der Waals surface area contributed by atoms with Gasteiger partial charge in [-0.05, 0) is 13.0 Å². The van der Waals surface area contributed by atoms with Crippen molar-refractivity contribution in [1.82, 2.24) is 9.88 Å². The number of hydrogen-bond donors (Lipinski definition) is 3. The summed E-state index contributed by atoms with van der Waals surface area (Å²) in [6, 6.07) is 7.69. The van der Waals surface area contributed by atoms with Crippen molar-refractivity contribution in [2.24, 2.45) is 0 Å². The van der Waals surface area contributed by atoms with Crippen molar-refractivity contribution in [3.63, 3.8) is 0 Å². The molecule has 0 saturated carbocycles. The van der Waals surface area contributed by atoms with Crippen LogP contribution in [0.15, 0.2) is 30.5 Å². The standard InChI is InChI=1S/C15H21N3O3/c1-2-18-11-13(12-5-3-4-6-14(12)18)17-15(20)16-7-9-21-10-8-19/h3-6,11,19H,2,7-10H2,1H3,(H2,16,17,20). The molecule has 0 atom stereocenters. The maximum Gasteiger partial charge on any atom is 0.319 e. The fourth-order valence-corrected chi connectivity index (χ4v) is 2.18. The third-order valence-electron chi connectivity index (χ3n) is 3.15. The highest BCUT2D eigenvalue weighted by atomic mass is 16.5. The number of urea groups is 1. The van der Waals surface area contributed by atoms with Gasteiger partial charge in [-0.3, -0.25) is 0 Å². The number of carbonyl (C=O) groups excluding carboxylic acids is 1. The zero-order valence-electron chi connectivity index (χ0n) is 12.1. The second kappa shape index (κ2) is 7.66. The molecule has 0 aliphatic heterocycles. The summed E-state index contributed by atoms with van der Waals surface area (Å²) >= 11 is 0. The molecule has 114 valence electrons. The van der Waals surface area contributed by atoms with Crippen LogP contribution in [0.3, 0.4) is 0 Å². The van der Waals surface area contributed by atoms with Crippen molar-refractivity contribution in [2.75, 3.05) is 31.7 Å². The molecule has 0 aliphatic rings. The number of amides is 2. The van der Waals surface area contributed by atoms with Crippen molar-refractivity contribution in [2.45, 2.75) is 13.5 Å². The molecule has 2 amide bonds. The highest BCUT2D eigenvalue weighted by molar-refractivity contribution is 6.01. The Hall–Kier alpha value is -2.05. The van der Waals surface area contributed by atoms with Crippen molar-refractivity contribution in [1.29, 1.82) is 0 Å². The lowest BCUT2D eigenvalue weighted by atomic mass is 10.2. The number of ether oxygens (including phenoxy) is 1. The first-order chi connectivity index (χ1) is 10.3. The molecular formula is C15H21N3O3. The highest BCUT2D eigenvalue weighted by Crippen LogP contribution is 2.25. The largest absolute Gasteiger partial charge is 0.394 e. The zero-order valence-corrected chi connectivity index (χ0v) is 12.1. The van der Waals surface area contributed by atoms with E-state index in [1.165, 1.54) is 0 Å². The number of hydrogen-bond acceptors (Lipinski definition) is 3. The summed E-state index contributed by atoms with van der Waals surface area (Å²) in [5.74, 6) is 0. The van der Waals surface area contributed by atoms with Gasteiger partial charge in [0, 0.05) is 24.7 Å². The highest BCUT2D eigenvalue weighted by Gasteiger charge is 2.09. The van der Waals surface area contributed by atoms with E-state index < -0.39 is 0 Å². The van der Waals surface area contributed by atoms with Crippen LogP contribution in [0, 0.1) is 0 Å². The molecule has 2 rings (SSSR count). The fourth-order valence-electron chi connectivity index (χ4n) is 2.18. The number of aliphatic hydroxyl groups excluding tert-OH is 1. The lowest BCUT2D eigenvalue weighted by molar-refractivity contribution is 0.0950. The molecule has 0 aliphatic carbocycles. The maximum atomic E-state index is 11.9. The van der Waals surface area contributed by atoms with E-state index in [4.69, 9.17) is 9.84 Å². The van der Waals surface area contributed by atoms with Gasteiger partial charge in [0.25, 0.3) is 0 Å². The molecule has 0 bridgehead atoms. The molecule has 0 spiro atoms. The molecule has 0 fully saturated rings. The number of para-hydroxylation sites is 1. The molecule has 0 saturated heterocycles. The number of aryl methyl sites for hydroxylation is 1. The Labute approximate surface area is 123 Å². The summed E-state index contributed by atoms with van der Waals surface area (Å²) in [7, 11) is 0. The molecule has 0 radical (unpaired) electrons. The van der Waals surface area contributed by atoms with Crippen LogP contribution in [0.5, 0.6) is 0 Å². The summed E-state index contributed by atoms with van der Waals surface area (Å²) in [6.45, 7) is 3.96. The second-order valence-corrected chi connectivity index (χ2v) is 4.56. The topological polar surface area (TPSA) is 75.5 Å². The average molecular weight is 291 g/mol. The van der Waals surface area contributed by atoms with E-state index in [2.05, 4.69) is 22.1 Å². The van der Waals surface area contributed by atoms with Gasteiger partial charge in [0.1, 0.15) is 0 Å². The van der Waals surface area contributed by atoms with Crippen LogP contribution in [0.1, 0.15) is 6.92 Å². The molecule has 2 aromatic rings. The Bertz CT molecular complexity index is 595. The first-order valence-electron chi connectivity index (χ1n) is 7.07. The Morgan fingerprint density at radius 1 is 1.33 bits per heavy atom. The first-order valence-corrected chi connectivity index (χ1v) is 7.07.